The van der Waals surface area contributed by atoms with E-state index in [9.17, 15) is 16.2 Å². The molecule has 0 spiro atoms. The molecule has 6 aliphatic rings. The number of nitrogens with zero attached hydrogens (tertiary/aromatic N) is 3. The van der Waals surface area contributed by atoms with Crippen LogP contribution in [0.25, 0.3) is 0 Å². The molecule has 51 heavy (non-hydrogen) atoms. The number of hydrogen-bond donors (Lipinski definition) is 3. The minimum absolute atomic E-state index is 0.447. The predicted molar refractivity (Wildman–Crippen MR) is 214 cm³/mol. The zero-order chi connectivity index (χ0) is 35.0. The van der Waals surface area contributed by atoms with E-state index in [1.165, 1.54) is 193 Å². The number of rotatable bonds is 9. The Morgan fingerprint density at radius 1 is 0.294 bits per heavy atom. The van der Waals surface area contributed by atoms with E-state index in [1.54, 1.807) is 0 Å². The molecule has 7 rings (SSSR count). The van der Waals surface area contributed by atoms with Crippen LogP contribution in [0.15, 0.2) is 18.2 Å². The van der Waals surface area contributed by atoms with Crippen molar-refractivity contribution in [3.05, 3.63) is 34.9 Å². The molecule has 0 atom stereocenters. The molecule has 6 fully saturated rings. The van der Waals surface area contributed by atoms with E-state index in [0.29, 0.717) is 53.8 Å². The third-order valence-corrected chi connectivity index (χ3v) is 14.3. The van der Waals surface area contributed by atoms with Gasteiger partial charge in [0.2, 0.25) is 0 Å². The molecule has 6 heteroatoms. The van der Waals surface area contributed by atoms with E-state index >= 15 is 0 Å². The first-order chi connectivity index (χ1) is 25.1. The summed E-state index contributed by atoms with van der Waals surface area (Å²) in [5.74, 6) is 2.05. The second-order valence-electron chi connectivity index (χ2n) is 17.8. The van der Waals surface area contributed by atoms with Gasteiger partial charge in [-0.15, -0.1) is 0 Å². The first-order valence-electron chi connectivity index (χ1n) is 22.4. The summed E-state index contributed by atoms with van der Waals surface area (Å²) in [6.07, 6.45) is 37.7. The number of amidine groups is 3. The van der Waals surface area contributed by atoms with Crippen molar-refractivity contribution in [2.45, 2.75) is 229 Å². The molecular formula is C45H72N6. The van der Waals surface area contributed by atoms with E-state index < -0.39 is 0 Å². The van der Waals surface area contributed by atoms with E-state index in [1.807, 2.05) is 0 Å². The molecule has 282 valence electrons. The van der Waals surface area contributed by atoms with Crippen molar-refractivity contribution in [1.29, 1.82) is 16.2 Å². The molecule has 6 saturated carbocycles. The van der Waals surface area contributed by atoms with Gasteiger partial charge in [-0.05, 0) is 95.2 Å². The molecule has 0 aliphatic heterocycles. The van der Waals surface area contributed by atoms with Crippen LogP contribution < -0.4 is 0 Å². The van der Waals surface area contributed by atoms with Crippen LogP contribution in [0.1, 0.15) is 209 Å². The molecule has 0 unspecified atom stereocenters. The average Bonchev–Trinajstić information content (AvgIpc) is 3.20. The maximum absolute atomic E-state index is 10.1. The minimum Gasteiger partial charge on any atom is -0.351 e. The standard InChI is InChI=1S/C45H72N6/c46-43(49(37-19-7-1-8-20-37)38-21-9-2-10-22-38)34-31-35(44(47)50(39-23-11-3-12-24-39)40-25-13-4-14-26-40)33-36(32-34)45(48)51(41-27-15-5-16-28-41)42-29-17-6-18-30-42/h31-33,37-42,46-48H,1-30H2. The van der Waals surface area contributed by atoms with Gasteiger partial charge in [0.15, 0.2) is 0 Å². The lowest BCUT2D eigenvalue weighted by Gasteiger charge is -2.45. The van der Waals surface area contributed by atoms with Gasteiger partial charge < -0.3 is 14.7 Å². The van der Waals surface area contributed by atoms with Crippen LogP contribution in [0.2, 0.25) is 0 Å². The van der Waals surface area contributed by atoms with Crippen molar-refractivity contribution < 1.29 is 0 Å². The first kappa shape index (κ1) is 37.0. The molecule has 0 saturated heterocycles. The van der Waals surface area contributed by atoms with E-state index in [0.717, 1.165) is 16.7 Å². The van der Waals surface area contributed by atoms with Gasteiger partial charge >= 0.3 is 0 Å². The SMILES string of the molecule is N=C(c1cc(C(=N)N(C2CCCCC2)C2CCCCC2)cc(C(=N)N(C2CCCCC2)C2CCCCC2)c1)N(C1CCCCC1)C1CCCCC1. The lowest BCUT2D eigenvalue weighted by Crippen LogP contribution is -2.50. The summed E-state index contributed by atoms with van der Waals surface area (Å²) in [7, 11) is 0. The molecule has 1 aromatic carbocycles. The highest BCUT2D eigenvalue weighted by molar-refractivity contribution is 6.07. The van der Waals surface area contributed by atoms with Gasteiger partial charge in [-0.25, -0.2) is 0 Å². The zero-order valence-corrected chi connectivity index (χ0v) is 32.3. The van der Waals surface area contributed by atoms with E-state index in [-0.39, 0.29) is 0 Å². The first-order valence-corrected chi connectivity index (χ1v) is 22.4. The summed E-state index contributed by atoms with van der Waals surface area (Å²) in [6.45, 7) is 0. The van der Waals surface area contributed by atoms with Crippen LogP contribution >= 0.6 is 0 Å². The van der Waals surface area contributed by atoms with E-state index in [4.69, 9.17) is 0 Å². The van der Waals surface area contributed by atoms with Crippen molar-refractivity contribution >= 4 is 17.5 Å². The molecule has 0 radical (unpaired) electrons. The lowest BCUT2D eigenvalue weighted by molar-refractivity contribution is 0.156. The third-order valence-electron chi connectivity index (χ3n) is 14.3. The van der Waals surface area contributed by atoms with Gasteiger partial charge in [0.1, 0.15) is 17.5 Å². The Morgan fingerprint density at radius 2 is 0.451 bits per heavy atom. The van der Waals surface area contributed by atoms with Gasteiger partial charge in [-0.3, -0.25) is 16.2 Å². The molecule has 3 N–H and O–H groups in total. The molecular weight excluding hydrogens is 625 g/mol. The van der Waals surface area contributed by atoms with Crippen molar-refractivity contribution in [2.75, 3.05) is 0 Å². The molecule has 0 amide bonds. The Balaban J connectivity index is 1.29. The lowest BCUT2D eigenvalue weighted by atomic mass is 9.86. The van der Waals surface area contributed by atoms with Crippen LogP contribution in [0, 0.1) is 16.2 Å². The highest BCUT2D eigenvalue weighted by Crippen LogP contribution is 2.36. The Hall–Kier alpha value is -2.37. The predicted octanol–water partition coefficient (Wildman–Crippen LogP) is 11.6. The third kappa shape index (κ3) is 8.89. The van der Waals surface area contributed by atoms with Gasteiger partial charge in [0, 0.05) is 52.9 Å². The maximum atomic E-state index is 10.1. The fourth-order valence-electron chi connectivity index (χ4n) is 11.6. The highest BCUT2D eigenvalue weighted by atomic mass is 15.2. The summed E-state index contributed by atoms with van der Waals surface area (Å²) < 4.78 is 0. The number of hydrogen-bond acceptors (Lipinski definition) is 3. The fourth-order valence-corrected chi connectivity index (χ4v) is 11.6. The summed E-state index contributed by atoms with van der Waals surface area (Å²) in [5, 5.41) is 30.3. The number of nitrogens with one attached hydrogen (secondary N) is 3. The monoisotopic (exact) mass is 697 g/mol. The van der Waals surface area contributed by atoms with Crippen LogP contribution in [0.5, 0.6) is 0 Å². The summed E-state index contributed by atoms with van der Waals surface area (Å²) in [4.78, 5) is 7.73. The second-order valence-corrected chi connectivity index (χ2v) is 17.8. The Morgan fingerprint density at radius 3 is 0.608 bits per heavy atom. The van der Waals surface area contributed by atoms with Crippen LogP contribution in [-0.4, -0.2) is 68.5 Å². The minimum atomic E-state index is 0.447. The largest absolute Gasteiger partial charge is 0.351 e. The molecule has 6 aliphatic carbocycles. The van der Waals surface area contributed by atoms with Gasteiger partial charge in [0.25, 0.3) is 0 Å². The Kier molecular flexibility index (Phi) is 13.1. The van der Waals surface area contributed by atoms with Crippen LogP contribution in [-0.2, 0) is 0 Å². The summed E-state index contributed by atoms with van der Waals surface area (Å²) >= 11 is 0. The zero-order valence-electron chi connectivity index (χ0n) is 32.3. The van der Waals surface area contributed by atoms with Crippen molar-refractivity contribution in [2.24, 2.45) is 0 Å². The maximum Gasteiger partial charge on any atom is 0.128 e. The van der Waals surface area contributed by atoms with Gasteiger partial charge in [-0.1, -0.05) is 116 Å². The topological polar surface area (TPSA) is 81.3 Å². The molecule has 1 aromatic rings. The molecule has 6 nitrogen and oxygen atoms in total. The van der Waals surface area contributed by atoms with Gasteiger partial charge in [-0.2, -0.15) is 0 Å². The van der Waals surface area contributed by atoms with Crippen molar-refractivity contribution in [3.63, 3.8) is 0 Å². The Bertz CT molecular complexity index is 1060. The fraction of sp³-hybridized carbons (Fsp3) is 0.800. The molecule has 0 aromatic heterocycles. The highest BCUT2D eigenvalue weighted by Gasteiger charge is 2.36. The smallest absolute Gasteiger partial charge is 0.128 e. The molecule has 0 bridgehead atoms. The second kappa shape index (κ2) is 18.1. The Labute approximate surface area is 311 Å². The van der Waals surface area contributed by atoms with Crippen LogP contribution in [0.3, 0.4) is 0 Å². The summed E-state index contributed by atoms with van der Waals surface area (Å²) in [5.41, 5.74) is 2.90. The normalized spacial score (nSPS) is 24.2. The van der Waals surface area contributed by atoms with Gasteiger partial charge in [0.05, 0.1) is 0 Å². The average molecular weight is 697 g/mol. The van der Waals surface area contributed by atoms with Crippen molar-refractivity contribution in [1.82, 2.24) is 14.7 Å². The summed E-state index contributed by atoms with van der Waals surface area (Å²) in [6, 6.07) is 9.40. The number of benzene rings is 1. The van der Waals surface area contributed by atoms with Crippen LogP contribution in [0.4, 0.5) is 0 Å². The quantitative estimate of drug-likeness (QED) is 0.178. The van der Waals surface area contributed by atoms with Crippen molar-refractivity contribution in [3.8, 4) is 0 Å². The molecule has 0 heterocycles. The van der Waals surface area contributed by atoms with E-state index in [2.05, 4.69) is 32.9 Å².